The predicted molar refractivity (Wildman–Crippen MR) is 58.3 cm³/mol. The van der Waals surface area contributed by atoms with Crippen molar-refractivity contribution in [1.82, 2.24) is 9.55 Å². The number of aromatic amines is 1. The summed E-state index contributed by atoms with van der Waals surface area (Å²) in [7, 11) is 0. The number of H-pyrrole nitrogens is 1. The largest absolute Gasteiger partial charge is 0.392 e. The first-order valence-electron chi connectivity index (χ1n) is 4.78. The Morgan fingerprint density at radius 3 is 2.62 bits per heavy atom. The number of hydrogen-bond donors (Lipinski definition) is 3. The van der Waals surface area contributed by atoms with Crippen molar-refractivity contribution in [2.45, 2.75) is 13.5 Å². The van der Waals surface area contributed by atoms with Crippen LogP contribution in [0.15, 0.2) is 27.4 Å². The van der Waals surface area contributed by atoms with E-state index in [0.29, 0.717) is 11.1 Å². The molecule has 3 N–H and O–H groups in total. The quantitative estimate of drug-likeness (QED) is 0.559. The highest BCUT2D eigenvalue weighted by molar-refractivity contribution is 5.05. The molecule has 88 valence electrons. The molecule has 1 aromatic rings. The van der Waals surface area contributed by atoms with E-state index in [9.17, 15) is 9.59 Å². The maximum absolute atomic E-state index is 11.3. The second-order valence-corrected chi connectivity index (χ2v) is 3.40. The molecule has 6 heteroatoms. The van der Waals surface area contributed by atoms with Gasteiger partial charge in [0, 0.05) is 18.3 Å². The van der Waals surface area contributed by atoms with Gasteiger partial charge in [-0.25, -0.2) is 4.79 Å². The highest BCUT2D eigenvalue weighted by Crippen LogP contribution is 1.93. The molecule has 1 rings (SSSR count). The Labute approximate surface area is 91.5 Å². The molecule has 0 bridgehead atoms. The number of hydrogen-bond acceptors (Lipinski definition) is 4. The zero-order valence-electron chi connectivity index (χ0n) is 8.93. The van der Waals surface area contributed by atoms with E-state index < -0.39 is 11.2 Å². The van der Waals surface area contributed by atoms with Crippen molar-refractivity contribution in [2.75, 3.05) is 13.2 Å². The molecule has 1 aromatic heterocycles. The molecule has 0 aliphatic carbocycles. The van der Waals surface area contributed by atoms with Gasteiger partial charge in [0.25, 0.3) is 5.56 Å². The van der Waals surface area contributed by atoms with E-state index in [1.807, 2.05) is 0 Å². The van der Waals surface area contributed by atoms with Crippen LogP contribution in [0.3, 0.4) is 0 Å². The summed E-state index contributed by atoms with van der Waals surface area (Å²) < 4.78 is 1.29. The lowest BCUT2D eigenvalue weighted by molar-refractivity contribution is 0.275. The molecule has 0 saturated carbocycles. The molecule has 0 fully saturated rings. The molecule has 0 aliphatic rings. The number of nitrogens with zero attached hydrogens (tertiary/aromatic N) is 1. The zero-order valence-corrected chi connectivity index (χ0v) is 8.93. The van der Waals surface area contributed by atoms with Crippen LogP contribution in [0.5, 0.6) is 0 Å². The minimum atomic E-state index is -0.512. The first-order valence-corrected chi connectivity index (χ1v) is 4.78. The Morgan fingerprint density at radius 2 is 2.06 bits per heavy atom. The fourth-order valence-electron chi connectivity index (χ4n) is 1.16. The first kappa shape index (κ1) is 12.4. The third kappa shape index (κ3) is 2.91. The zero-order chi connectivity index (χ0) is 12.1. The standard InChI is InChI=1S/C10H14N2O4/c1-7-4-12(10(16)11-9(7)15)3-2-8(5-13)6-14/h2,4,13-14H,3,5-6H2,1H3,(H,11,15,16). The minimum absolute atomic E-state index is 0.201. The number of aryl methyl sites for hydroxylation is 1. The fraction of sp³-hybridized carbons (Fsp3) is 0.400. The van der Waals surface area contributed by atoms with Crippen LogP contribution < -0.4 is 11.2 Å². The van der Waals surface area contributed by atoms with Gasteiger partial charge in [0.2, 0.25) is 0 Å². The second kappa shape index (κ2) is 5.43. The van der Waals surface area contributed by atoms with E-state index >= 15 is 0 Å². The Bertz CT molecular complexity index is 492. The van der Waals surface area contributed by atoms with E-state index in [4.69, 9.17) is 10.2 Å². The second-order valence-electron chi connectivity index (χ2n) is 3.40. The van der Waals surface area contributed by atoms with Gasteiger partial charge in [0.1, 0.15) is 0 Å². The Kier molecular flexibility index (Phi) is 4.21. The summed E-state index contributed by atoms with van der Waals surface area (Å²) in [6.07, 6.45) is 2.98. The van der Waals surface area contributed by atoms with E-state index in [1.165, 1.54) is 10.8 Å². The maximum atomic E-state index is 11.3. The van der Waals surface area contributed by atoms with E-state index in [1.54, 1.807) is 13.0 Å². The molecular weight excluding hydrogens is 212 g/mol. The molecule has 16 heavy (non-hydrogen) atoms. The smallest absolute Gasteiger partial charge is 0.328 e. The molecule has 0 spiro atoms. The van der Waals surface area contributed by atoms with Gasteiger partial charge in [-0.1, -0.05) is 6.08 Å². The Morgan fingerprint density at radius 1 is 1.44 bits per heavy atom. The number of nitrogens with one attached hydrogen (secondary N) is 1. The summed E-state index contributed by atoms with van der Waals surface area (Å²) in [4.78, 5) is 24.6. The normalized spacial score (nSPS) is 10.2. The highest BCUT2D eigenvalue weighted by Gasteiger charge is 1.99. The van der Waals surface area contributed by atoms with Crippen LogP contribution in [0.1, 0.15) is 5.56 Å². The van der Waals surface area contributed by atoms with Crippen molar-refractivity contribution in [1.29, 1.82) is 0 Å². The monoisotopic (exact) mass is 226 g/mol. The molecule has 1 heterocycles. The highest BCUT2D eigenvalue weighted by atomic mass is 16.3. The molecule has 0 unspecified atom stereocenters. The van der Waals surface area contributed by atoms with Crippen molar-refractivity contribution in [3.8, 4) is 0 Å². The van der Waals surface area contributed by atoms with Crippen LogP contribution in [0.25, 0.3) is 0 Å². The van der Waals surface area contributed by atoms with Crippen molar-refractivity contribution in [3.05, 3.63) is 44.2 Å². The summed E-state index contributed by atoms with van der Waals surface area (Å²) in [5.74, 6) is 0. The third-order valence-electron chi connectivity index (χ3n) is 2.17. The van der Waals surface area contributed by atoms with Crippen molar-refractivity contribution < 1.29 is 10.2 Å². The average Bonchev–Trinajstić information content (AvgIpc) is 2.26. The van der Waals surface area contributed by atoms with Crippen LogP contribution in [0, 0.1) is 6.92 Å². The molecule has 0 amide bonds. The summed E-state index contributed by atoms with van der Waals surface area (Å²) in [5.41, 5.74) is -0.0600. The summed E-state index contributed by atoms with van der Waals surface area (Å²) in [5, 5.41) is 17.6. The van der Waals surface area contributed by atoms with Gasteiger partial charge in [-0.05, 0) is 12.5 Å². The Hall–Kier alpha value is -1.66. The number of aromatic nitrogens is 2. The van der Waals surface area contributed by atoms with Crippen LogP contribution in [0.4, 0.5) is 0 Å². The number of aliphatic hydroxyl groups is 2. The Balaban J connectivity index is 2.99. The van der Waals surface area contributed by atoms with Gasteiger partial charge in [-0.2, -0.15) is 0 Å². The molecule has 0 atom stereocenters. The van der Waals surface area contributed by atoms with Crippen LogP contribution >= 0.6 is 0 Å². The number of rotatable bonds is 4. The maximum Gasteiger partial charge on any atom is 0.328 e. The summed E-state index contributed by atoms with van der Waals surface area (Å²) >= 11 is 0. The van der Waals surface area contributed by atoms with Gasteiger partial charge in [0.05, 0.1) is 13.2 Å². The van der Waals surface area contributed by atoms with Crippen LogP contribution in [0.2, 0.25) is 0 Å². The predicted octanol–water partition coefficient (Wildman–Crippen LogP) is -1.24. The fourth-order valence-corrected chi connectivity index (χ4v) is 1.16. The minimum Gasteiger partial charge on any atom is -0.392 e. The number of aliphatic hydroxyl groups excluding tert-OH is 2. The molecule has 6 nitrogen and oxygen atoms in total. The lowest BCUT2D eigenvalue weighted by Crippen LogP contribution is -2.30. The SMILES string of the molecule is Cc1cn(CC=C(CO)CO)c(=O)[nH]c1=O. The lowest BCUT2D eigenvalue weighted by Gasteiger charge is -2.03. The van der Waals surface area contributed by atoms with Crippen molar-refractivity contribution in [2.24, 2.45) is 0 Å². The van der Waals surface area contributed by atoms with E-state index in [2.05, 4.69) is 4.98 Å². The van der Waals surface area contributed by atoms with Gasteiger partial charge in [-0.3, -0.25) is 14.3 Å². The summed E-state index contributed by atoms with van der Waals surface area (Å²) in [6.45, 7) is 1.28. The van der Waals surface area contributed by atoms with Crippen molar-refractivity contribution in [3.63, 3.8) is 0 Å². The van der Waals surface area contributed by atoms with Gasteiger partial charge >= 0.3 is 5.69 Å². The molecule has 0 aromatic carbocycles. The van der Waals surface area contributed by atoms with Crippen molar-refractivity contribution >= 4 is 0 Å². The van der Waals surface area contributed by atoms with E-state index in [-0.39, 0.29) is 19.8 Å². The lowest BCUT2D eigenvalue weighted by atomic mass is 10.3. The molecule has 0 radical (unpaired) electrons. The van der Waals surface area contributed by atoms with E-state index in [0.717, 1.165) is 0 Å². The molecular formula is C10H14N2O4. The van der Waals surface area contributed by atoms with Gasteiger partial charge < -0.3 is 10.2 Å². The van der Waals surface area contributed by atoms with Crippen LogP contribution in [-0.4, -0.2) is 33.0 Å². The van der Waals surface area contributed by atoms with Gasteiger partial charge in [-0.15, -0.1) is 0 Å². The third-order valence-corrected chi connectivity index (χ3v) is 2.17. The first-order chi connectivity index (χ1) is 7.58. The van der Waals surface area contributed by atoms with Gasteiger partial charge in [0.15, 0.2) is 0 Å². The molecule has 0 aliphatic heterocycles. The molecule has 0 saturated heterocycles. The number of allylic oxidation sites excluding steroid dienone is 1. The average molecular weight is 226 g/mol. The topological polar surface area (TPSA) is 95.3 Å². The summed E-state index contributed by atoms with van der Waals surface area (Å²) in [6, 6.07) is 0. The van der Waals surface area contributed by atoms with Crippen LogP contribution in [-0.2, 0) is 6.54 Å².